The lowest BCUT2D eigenvalue weighted by Gasteiger charge is -2.18. The summed E-state index contributed by atoms with van der Waals surface area (Å²) in [6.07, 6.45) is 2.68. The molecule has 38 valence electrons. The topological polar surface area (TPSA) is 12.0 Å². The van der Waals surface area contributed by atoms with Gasteiger partial charge in [-0.3, -0.25) is 0 Å². The predicted molar refractivity (Wildman–Crippen MR) is 31.6 cm³/mol. The molecule has 1 heterocycles. The summed E-state index contributed by atoms with van der Waals surface area (Å²) in [6.45, 7) is 2.43. The molecule has 0 aromatic heterocycles. The molecule has 0 aromatic carbocycles. The van der Waals surface area contributed by atoms with Gasteiger partial charge in [0.15, 0.2) is 0 Å². The van der Waals surface area contributed by atoms with Crippen LogP contribution in [0, 0.1) is 0 Å². The van der Waals surface area contributed by atoms with E-state index in [1.54, 1.807) is 0 Å². The van der Waals surface area contributed by atoms with Crippen LogP contribution in [0.3, 0.4) is 0 Å². The van der Waals surface area contributed by atoms with Crippen molar-refractivity contribution in [2.75, 3.05) is 13.1 Å². The molecule has 0 bridgehead atoms. The van der Waals surface area contributed by atoms with Gasteiger partial charge in [-0.25, -0.2) is 0 Å². The molecule has 2 radical (unpaired) electrons. The van der Waals surface area contributed by atoms with Crippen molar-refractivity contribution < 1.29 is 0 Å². The standard InChI is InChI=1S/C5H10N.Al/c1-2-4-6-5-3-1;/h1,6H,2-5H2;. The quantitative estimate of drug-likeness (QED) is 0.444. The third-order valence-electron chi connectivity index (χ3n) is 1.38. The second-order valence-corrected chi connectivity index (χ2v) is 3.03. The molecule has 0 unspecified atom stereocenters. The highest BCUT2D eigenvalue weighted by molar-refractivity contribution is 6.11. The molecule has 7 heavy (non-hydrogen) atoms. The van der Waals surface area contributed by atoms with Crippen molar-refractivity contribution in [3.63, 3.8) is 0 Å². The lowest BCUT2D eigenvalue weighted by Crippen LogP contribution is -2.24. The summed E-state index contributed by atoms with van der Waals surface area (Å²) in [5.74, 6) is 0. The van der Waals surface area contributed by atoms with Crippen molar-refractivity contribution in [3.8, 4) is 0 Å². The highest BCUT2D eigenvalue weighted by Gasteiger charge is 2.04. The Morgan fingerprint density at radius 2 is 1.86 bits per heavy atom. The van der Waals surface area contributed by atoms with Crippen LogP contribution in [0.25, 0.3) is 0 Å². The van der Waals surface area contributed by atoms with Crippen LogP contribution in [0.2, 0.25) is 4.78 Å². The van der Waals surface area contributed by atoms with Crippen LogP contribution >= 0.6 is 0 Å². The van der Waals surface area contributed by atoms with Crippen LogP contribution in [0.4, 0.5) is 0 Å². The summed E-state index contributed by atoms with van der Waals surface area (Å²) in [5.41, 5.74) is 0. The van der Waals surface area contributed by atoms with Crippen LogP contribution in [0.15, 0.2) is 0 Å². The van der Waals surface area contributed by atoms with E-state index < -0.39 is 0 Å². The minimum Gasteiger partial charge on any atom is -0.317 e. The summed E-state index contributed by atoms with van der Waals surface area (Å²) in [7, 11) is 0. The molecule has 1 aliphatic heterocycles. The van der Waals surface area contributed by atoms with E-state index >= 15 is 0 Å². The summed E-state index contributed by atoms with van der Waals surface area (Å²) in [6, 6.07) is 0. The molecule has 1 aliphatic rings. The Hall–Kier alpha value is 0.492. The normalized spacial score (nSPS) is 25.1. The number of nitrogens with one attached hydrogen (secondary N) is 1. The summed E-state index contributed by atoms with van der Waals surface area (Å²) < 4.78 is 0.890. The SMILES string of the molecule is [Al][CH]1CCNCC1. The van der Waals surface area contributed by atoms with Crippen LogP contribution in [-0.4, -0.2) is 29.4 Å². The van der Waals surface area contributed by atoms with Crippen molar-refractivity contribution in [1.82, 2.24) is 5.32 Å². The lowest BCUT2D eigenvalue weighted by molar-refractivity contribution is 0.520. The maximum absolute atomic E-state index is 3.30. The van der Waals surface area contributed by atoms with Crippen molar-refractivity contribution in [2.24, 2.45) is 0 Å². The number of piperidine rings is 1. The molecule has 2 heteroatoms. The molecule has 0 saturated carbocycles. The molecular weight excluding hydrogens is 101 g/mol. The fourth-order valence-electron chi connectivity index (χ4n) is 0.844. The predicted octanol–water partition coefficient (Wildman–Crippen LogP) is 0.327. The third kappa shape index (κ3) is 1.82. The van der Waals surface area contributed by atoms with Gasteiger partial charge in [0.1, 0.15) is 16.3 Å². The van der Waals surface area contributed by atoms with E-state index in [1.165, 1.54) is 25.9 Å². The Morgan fingerprint density at radius 3 is 2.14 bits per heavy atom. The average Bonchev–Trinajstić information content (AvgIpc) is 1.69. The van der Waals surface area contributed by atoms with Crippen molar-refractivity contribution in [3.05, 3.63) is 0 Å². The van der Waals surface area contributed by atoms with Crippen molar-refractivity contribution >= 4 is 16.3 Å². The van der Waals surface area contributed by atoms with E-state index in [9.17, 15) is 0 Å². The molecule has 1 nitrogen and oxygen atoms in total. The Kier molecular flexibility index (Phi) is 2.18. The molecule has 1 fully saturated rings. The molecule has 1 rings (SSSR count). The molecule has 0 aromatic rings. The van der Waals surface area contributed by atoms with E-state index in [-0.39, 0.29) is 0 Å². The Balaban J connectivity index is 2.12. The fourth-order valence-corrected chi connectivity index (χ4v) is 1.18. The zero-order chi connectivity index (χ0) is 5.11. The van der Waals surface area contributed by atoms with Crippen LogP contribution < -0.4 is 5.32 Å². The van der Waals surface area contributed by atoms with E-state index in [0.29, 0.717) is 0 Å². The van der Waals surface area contributed by atoms with E-state index in [2.05, 4.69) is 21.6 Å². The molecule has 0 aliphatic carbocycles. The van der Waals surface area contributed by atoms with Gasteiger partial charge >= 0.3 is 0 Å². The zero-order valence-corrected chi connectivity index (χ0v) is 5.64. The lowest BCUT2D eigenvalue weighted by atomic mass is 10.2. The highest BCUT2D eigenvalue weighted by atomic mass is 27.0. The van der Waals surface area contributed by atoms with Crippen LogP contribution in [0.5, 0.6) is 0 Å². The zero-order valence-electron chi connectivity index (χ0n) is 4.48. The first-order valence-corrected chi connectivity index (χ1v) is 3.52. The smallest absolute Gasteiger partial charge is 0.123 e. The average molecular weight is 111 g/mol. The maximum atomic E-state index is 3.30. The van der Waals surface area contributed by atoms with Gasteiger partial charge in [0.05, 0.1) is 0 Å². The fraction of sp³-hybridized carbons (Fsp3) is 1.00. The third-order valence-corrected chi connectivity index (χ3v) is 2.05. The maximum Gasteiger partial charge on any atom is 0.123 e. The van der Waals surface area contributed by atoms with E-state index in [4.69, 9.17) is 0 Å². The molecular formula is C5H10AlN. The number of hydrogen-bond acceptors (Lipinski definition) is 1. The molecule has 1 N–H and O–H groups in total. The Bertz CT molecular complexity index is 50.0. The highest BCUT2D eigenvalue weighted by Crippen LogP contribution is 2.11. The second-order valence-electron chi connectivity index (χ2n) is 2.09. The van der Waals surface area contributed by atoms with Gasteiger partial charge < -0.3 is 5.32 Å². The summed E-state index contributed by atoms with van der Waals surface area (Å²) in [4.78, 5) is 0. The first-order chi connectivity index (χ1) is 3.39. The minimum absolute atomic E-state index is 0.890. The molecule has 1 saturated heterocycles. The van der Waals surface area contributed by atoms with E-state index in [1.807, 2.05) is 0 Å². The first-order valence-electron chi connectivity index (χ1n) is 2.86. The molecule has 0 amide bonds. The molecule has 0 spiro atoms. The monoisotopic (exact) mass is 111 g/mol. The molecule has 0 atom stereocenters. The van der Waals surface area contributed by atoms with Gasteiger partial charge in [-0.15, -0.1) is 4.78 Å². The van der Waals surface area contributed by atoms with Gasteiger partial charge in [0.25, 0.3) is 0 Å². The van der Waals surface area contributed by atoms with Gasteiger partial charge in [-0.05, 0) is 13.1 Å². The second kappa shape index (κ2) is 2.72. The first kappa shape index (κ1) is 5.63. The van der Waals surface area contributed by atoms with Crippen molar-refractivity contribution in [1.29, 1.82) is 0 Å². The van der Waals surface area contributed by atoms with Crippen molar-refractivity contribution in [2.45, 2.75) is 17.6 Å². The van der Waals surface area contributed by atoms with Crippen LogP contribution in [0.1, 0.15) is 12.8 Å². The summed E-state index contributed by atoms with van der Waals surface area (Å²) >= 11 is 2.87. The van der Waals surface area contributed by atoms with Gasteiger partial charge in [0, 0.05) is 0 Å². The van der Waals surface area contributed by atoms with Gasteiger partial charge in [0.2, 0.25) is 0 Å². The van der Waals surface area contributed by atoms with Crippen LogP contribution in [-0.2, 0) is 0 Å². The summed E-state index contributed by atoms with van der Waals surface area (Å²) in [5, 5.41) is 3.30. The van der Waals surface area contributed by atoms with E-state index in [0.717, 1.165) is 4.78 Å². The van der Waals surface area contributed by atoms with Gasteiger partial charge in [-0.1, -0.05) is 12.8 Å². The number of hydrogen-bond donors (Lipinski definition) is 1. The Labute approximate surface area is 52.9 Å². The largest absolute Gasteiger partial charge is 0.317 e. The minimum atomic E-state index is 0.890. The Morgan fingerprint density at radius 1 is 1.29 bits per heavy atom. The van der Waals surface area contributed by atoms with Gasteiger partial charge in [-0.2, -0.15) is 0 Å². The number of rotatable bonds is 0.